The summed E-state index contributed by atoms with van der Waals surface area (Å²) in [5, 5.41) is -1.49. The van der Waals surface area contributed by atoms with Gasteiger partial charge in [-0.05, 0) is 173 Å². The number of carbonyl (C=O) groups is 6. The van der Waals surface area contributed by atoms with Gasteiger partial charge >= 0.3 is 36.6 Å². The fourth-order valence-corrected chi connectivity index (χ4v) is 11.9. The van der Waals surface area contributed by atoms with Crippen molar-refractivity contribution in [1.29, 1.82) is 0 Å². The minimum atomic E-state index is -6.21. The maximum atomic E-state index is 15.3. The Morgan fingerprint density at radius 1 is 0.315 bits per heavy atom. The zero-order valence-corrected chi connectivity index (χ0v) is 49.1. The van der Waals surface area contributed by atoms with Gasteiger partial charge in [-0.25, -0.2) is 0 Å². The molecule has 0 aliphatic carbocycles. The third-order valence-corrected chi connectivity index (χ3v) is 15.0. The number of hydrogen-bond acceptors (Lipinski definition) is 12. The van der Waals surface area contributed by atoms with Crippen LogP contribution in [0.3, 0.4) is 0 Å². The topological polar surface area (TPSA) is 164 Å². The number of halogens is 12. The molecule has 0 N–H and O–H groups in total. The van der Waals surface area contributed by atoms with Crippen molar-refractivity contribution < 1.29 is 110 Å². The van der Waals surface area contributed by atoms with Gasteiger partial charge in [0.25, 0.3) is 35.8 Å². The molecule has 9 aromatic carbocycles. The lowest BCUT2D eigenvalue weighted by atomic mass is 9.80. The fourth-order valence-electron chi connectivity index (χ4n) is 11.9. The standard InChI is InChI=1S/C66H46F12N2O12/c1-27-9-28(2)14-35(13-27)87-43-21-39-49-40(58(84)79(57(39)83)25-47(81)91-61(63(67,68)69)64(70,71)72)23-45(89-37-17-31(5)11-32(6)18-37)53-54-46(90-38-19-33(7)12-34(8)20-38)24-42-50-41(59(85)80(60(42)86)26-48(82)92-62(65(73,74)75)66(76,77)78)22-44(52(56(50)54)51(43)55(49)53)88-36-15-29(3)10-30(4)16-36/h9-24,61-62H,25-26H2,1-8H3. The molecule has 0 aromatic heterocycles. The van der Waals surface area contributed by atoms with Gasteiger partial charge < -0.3 is 28.4 Å². The zero-order chi connectivity index (χ0) is 66.9. The Morgan fingerprint density at radius 3 is 0.696 bits per heavy atom. The molecule has 0 fully saturated rings. The Kier molecular flexibility index (Phi) is 15.4. The maximum absolute atomic E-state index is 15.3. The second-order valence-electron chi connectivity index (χ2n) is 22.7. The van der Waals surface area contributed by atoms with Crippen LogP contribution >= 0.6 is 0 Å². The summed E-state index contributed by atoms with van der Waals surface area (Å²) in [6, 6.07) is 23.8. The van der Waals surface area contributed by atoms with Gasteiger partial charge in [-0.2, -0.15) is 52.7 Å². The van der Waals surface area contributed by atoms with E-state index in [1.165, 1.54) is 0 Å². The van der Waals surface area contributed by atoms with E-state index in [0.29, 0.717) is 44.5 Å². The number of aryl methyl sites for hydroxylation is 8. The predicted molar refractivity (Wildman–Crippen MR) is 306 cm³/mol. The molecular formula is C66H46F12N2O12. The molecule has 0 spiro atoms. The molecule has 92 heavy (non-hydrogen) atoms. The third-order valence-electron chi connectivity index (χ3n) is 15.0. The van der Waals surface area contributed by atoms with Crippen LogP contribution in [0.5, 0.6) is 46.0 Å². The Bertz CT molecular complexity index is 4050. The molecule has 0 atom stereocenters. The molecule has 14 nitrogen and oxygen atoms in total. The summed E-state index contributed by atoms with van der Waals surface area (Å²) in [4.78, 5) is 88.0. The first-order valence-electron chi connectivity index (χ1n) is 27.6. The Hall–Kier alpha value is -10.1. The van der Waals surface area contributed by atoms with Crippen LogP contribution in [0.25, 0.3) is 43.1 Å². The van der Waals surface area contributed by atoms with Gasteiger partial charge in [-0.3, -0.25) is 38.6 Å². The number of imide groups is 2. The van der Waals surface area contributed by atoms with Gasteiger partial charge in [0.1, 0.15) is 59.1 Å². The summed E-state index contributed by atoms with van der Waals surface area (Å²) in [7, 11) is 0. The second-order valence-corrected chi connectivity index (χ2v) is 22.7. The number of esters is 2. The molecule has 0 saturated heterocycles. The van der Waals surface area contributed by atoms with E-state index in [9.17, 15) is 62.3 Å². The molecule has 0 radical (unpaired) electrons. The van der Waals surface area contributed by atoms with Crippen molar-refractivity contribution in [3.8, 4) is 46.0 Å². The SMILES string of the molecule is Cc1cc(C)cc(Oc2cc3c4c(cc(Oc5cc(C)cc(C)c5)c5c6c(Oc7cc(C)cc(C)c7)cc7c8c(cc(Oc9cc(C)cc(C)c9)c(c2c45)c86)C(=O)N(CC(=O)OC(C(F)(F)F)C(F)(F)F)C7=O)C(=O)N(CC(=O)OC(C(F)(F)F)C(F)(F)F)C3=O)c1. The van der Waals surface area contributed by atoms with Crippen LogP contribution in [-0.4, -0.2) is 95.4 Å². The van der Waals surface area contributed by atoms with Gasteiger partial charge in [0.15, 0.2) is 0 Å². The molecule has 9 aromatic rings. The minimum Gasteiger partial charge on any atom is -0.457 e. The molecule has 0 unspecified atom stereocenters. The van der Waals surface area contributed by atoms with Gasteiger partial charge in [-0.1, -0.05) is 24.3 Å². The Labute approximate surface area is 512 Å². The summed E-state index contributed by atoms with van der Waals surface area (Å²) in [5.41, 5.74) is 2.67. The van der Waals surface area contributed by atoms with Gasteiger partial charge in [0.05, 0.1) is 22.3 Å². The first kappa shape index (κ1) is 63.4. The van der Waals surface area contributed by atoms with E-state index < -0.39 is 108 Å². The number of benzene rings is 9. The molecule has 2 aliphatic rings. The summed E-state index contributed by atoms with van der Waals surface area (Å²) in [6.07, 6.45) is -34.2. The normalized spacial score (nSPS) is 13.8. The first-order chi connectivity index (χ1) is 42.8. The number of nitrogens with zero attached hydrogens (tertiary/aromatic N) is 2. The van der Waals surface area contributed by atoms with Gasteiger partial charge in [-0.15, -0.1) is 0 Å². The fraction of sp³-hybridized carbons (Fsp3) is 0.242. The van der Waals surface area contributed by atoms with Gasteiger partial charge in [0.2, 0.25) is 0 Å². The van der Waals surface area contributed by atoms with Crippen molar-refractivity contribution in [3.63, 3.8) is 0 Å². The molecule has 11 rings (SSSR count). The molecule has 2 heterocycles. The highest BCUT2D eigenvalue weighted by Crippen LogP contribution is 2.58. The van der Waals surface area contributed by atoms with Crippen LogP contribution in [0.1, 0.15) is 85.9 Å². The number of ether oxygens (including phenoxy) is 6. The Morgan fingerprint density at radius 2 is 0.511 bits per heavy atom. The van der Waals surface area contributed by atoms with Gasteiger partial charge in [0, 0.05) is 43.1 Å². The summed E-state index contributed by atoms with van der Waals surface area (Å²) in [6.45, 7) is 10.0. The predicted octanol–water partition coefficient (Wildman–Crippen LogP) is 16.6. The highest BCUT2D eigenvalue weighted by Gasteiger charge is 2.61. The smallest absolute Gasteiger partial charge is 0.434 e. The van der Waals surface area contributed by atoms with Crippen LogP contribution < -0.4 is 18.9 Å². The molecular weight excluding hydrogens is 1240 g/mol. The van der Waals surface area contributed by atoms with E-state index in [-0.39, 0.29) is 98.9 Å². The van der Waals surface area contributed by atoms with Crippen molar-refractivity contribution in [2.45, 2.75) is 92.3 Å². The van der Waals surface area contributed by atoms with Crippen molar-refractivity contribution >= 4 is 78.7 Å². The van der Waals surface area contributed by atoms with Crippen molar-refractivity contribution in [1.82, 2.24) is 9.80 Å². The zero-order valence-electron chi connectivity index (χ0n) is 49.1. The first-order valence-corrected chi connectivity index (χ1v) is 27.6. The van der Waals surface area contributed by atoms with Crippen molar-refractivity contribution in [2.75, 3.05) is 13.1 Å². The van der Waals surface area contributed by atoms with E-state index in [2.05, 4.69) is 9.47 Å². The van der Waals surface area contributed by atoms with Crippen LogP contribution in [0.15, 0.2) is 97.1 Å². The third kappa shape index (κ3) is 11.7. The molecule has 4 amide bonds. The lowest BCUT2D eigenvalue weighted by Crippen LogP contribution is -2.49. The quantitative estimate of drug-likeness (QED) is 0.0333. The van der Waals surface area contributed by atoms with E-state index in [0.717, 1.165) is 24.3 Å². The highest BCUT2D eigenvalue weighted by atomic mass is 19.4. The van der Waals surface area contributed by atoms with Crippen LogP contribution in [0.4, 0.5) is 52.7 Å². The molecule has 26 heteroatoms. The van der Waals surface area contributed by atoms with Crippen LogP contribution in [0, 0.1) is 55.4 Å². The van der Waals surface area contributed by atoms with E-state index >= 15 is 19.2 Å². The second kappa shape index (κ2) is 22.4. The average molecular weight is 1290 g/mol. The molecule has 2 aliphatic heterocycles. The monoisotopic (exact) mass is 1290 g/mol. The number of hydrogen-bond donors (Lipinski definition) is 0. The van der Waals surface area contributed by atoms with E-state index in [4.69, 9.17) is 18.9 Å². The number of fused-ring (bicyclic) bond motifs is 2. The highest BCUT2D eigenvalue weighted by molar-refractivity contribution is 6.45. The number of rotatable bonds is 14. The van der Waals surface area contributed by atoms with Crippen molar-refractivity contribution in [3.05, 3.63) is 164 Å². The molecule has 0 saturated carbocycles. The number of carbonyl (C=O) groups excluding carboxylic acids is 6. The van der Waals surface area contributed by atoms with Crippen LogP contribution in [-0.2, 0) is 19.1 Å². The summed E-state index contributed by atoms with van der Waals surface area (Å²) >= 11 is 0. The number of alkyl halides is 12. The molecule has 476 valence electrons. The Balaban J connectivity index is 1.32. The van der Waals surface area contributed by atoms with Crippen LogP contribution in [0.2, 0.25) is 0 Å². The van der Waals surface area contributed by atoms with Crippen molar-refractivity contribution in [2.24, 2.45) is 0 Å². The number of amides is 4. The largest absolute Gasteiger partial charge is 0.457 e. The lowest BCUT2D eigenvalue weighted by Gasteiger charge is -2.32. The maximum Gasteiger partial charge on any atom is 0.434 e. The average Bonchev–Trinajstić information content (AvgIpc) is 0.673. The summed E-state index contributed by atoms with van der Waals surface area (Å²) in [5.74, 6) is -11.7. The minimum absolute atomic E-state index is 0.0511. The molecule has 0 bridgehead atoms. The summed E-state index contributed by atoms with van der Waals surface area (Å²) < 4.78 is 201. The van der Waals surface area contributed by atoms with E-state index in [1.54, 1.807) is 128 Å². The van der Waals surface area contributed by atoms with E-state index in [1.807, 2.05) is 0 Å². The lowest BCUT2D eigenvalue weighted by molar-refractivity contribution is -0.313.